The van der Waals surface area contributed by atoms with Crippen LogP contribution < -0.4 is 4.74 Å². The van der Waals surface area contributed by atoms with E-state index in [2.05, 4.69) is 4.90 Å². The van der Waals surface area contributed by atoms with E-state index in [4.69, 9.17) is 4.74 Å². The molecule has 1 atom stereocenters. The second-order valence-corrected chi connectivity index (χ2v) is 7.48. The van der Waals surface area contributed by atoms with Crippen LogP contribution in [0.3, 0.4) is 0 Å². The van der Waals surface area contributed by atoms with Crippen molar-refractivity contribution in [3.8, 4) is 5.75 Å². The molecule has 0 saturated carbocycles. The van der Waals surface area contributed by atoms with Crippen LogP contribution >= 0.6 is 11.3 Å². The van der Waals surface area contributed by atoms with Gasteiger partial charge in [0.15, 0.2) is 0 Å². The summed E-state index contributed by atoms with van der Waals surface area (Å²) in [6, 6.07) is 11.6. The zero-order valence-corrected chi connectivity index (χ0v) is 15.2. The third-order valence-corrected chi connectivity index (χ3v) is 5.66. The predicted molar refractivity (Wildman–Crippen MR) is 101 cm³/mol. The van der Waals surface area contributed by atoms with E-state index in [-0.39, 0.29) is 0 Å². The molecule has 5 heteroatoms. The molecular formula is C20H25NO3S. The third-order valence-electron chi connectivity index (χ3n) is 4.67. The van der Waals surface area contributed by atoms with Crippen LogP contribution in [0.4, 0.5) is 0 Å². The van der Waals surface area contributed by atoms with Gasteiger partial charge >= 0.3 is 5.97 Å². The van der Waals surface area contributed by atoms with Gasteiger partial charge in [-0.2, -0.15) is 0 Å². The number of carbonyl (C=O) groups is 1. The zero-order chi connectivity index (χ0) is 17.5. The van der Waals surface area contributed by atoms with Gasteiger partial charge in [0, 0.05) is 11.4 Å². The highest BCUT2D eigenvalue weighted by molar-refractivity contribution is 7.10. The predicted octanol–water partition coefficient (Wildman–Crippen LogP) is 4.02. The maximum atomic E-state index is 11.5. The van der Waals surface area contributed by atoms with Crippen LogP contribution in [-0.4, -0.2) is 42.2 Å². The molecule has 1 fully saturated rings. The number of nitrogens with zero attached hydrogens (tertiary/aromatic N) is 1. The summed E-state index contributed by atoms with van der Waals surface area (Å²) in [5.41, 5.74) is 1.02. The largest absolute Gasteiger partial charge is 0.492 e. The number of carboxylic acid groups (broad SMARTS) is 1. The maximum Gasteiger partial charge on any atom is 0.312 e. The van der Waals surface area contributed by atoms with Crippen LogP contribution in [0.25, 0.3) is 0 Å². The van der Waals surface area contributed by atoms with Crippen LogP contribution in [0.15, 0.2) is 41.8 Å². The Morgan fingerprint density at radius 1 is 1.16 bits per heavy atom. The van der Waals surface area contributed by atoms with Crippen molar-refractivity contribution in [2.24, 2.45) is 0 Å². The molecule has 1 aliphatic heterocycles. The first-order chi connectivity index (χ1) is 12.2. The van der Waals surface area contributed by atoms with Gasteiger partial charge in [0.1, 0.15) is 12.4 Å². The number of hydrogen-bond acceptors (Lipinski definition) is 4. The molecule has 1 aliphatic rings. The summed E-state index contributed by atoms with van der Waals surface area (Å²) < 4.78 is 5.83. The number of thiophene rings is 1. The molecular weight excluding hydrogens is 334 g/mol. The Kier molecular flexibility index (Phi) is 6.48. The molecule has 0 spiro atoms. The number of benzene rings is 1. The highest BCUT2D eigenvalue weighted by Crippen LogP contribution is 2.26. The molecule has 134 valence electrons. The van der Waals surface area contributed by atoms with Crippen molar-refractivity contribution < 1.29 is 14.6 Å². The lowest BCUT2D eigenvalue weighted by Gasteiger charge is -2.26. The van der Waals surface area contributed by atoms with Crippen LogP contribution in [-0.2, 0) is 11.2 Å². The second kappa shape index (κ2) is 9.02. The Labute approximate surface area is 153 Å². The lowest BCUT2D eigenvalue weighted by molar-refractivity contribution is -0.138. The van der Waals surface area contributed by atoms with E-state index in [9.17, 15) is 9.90 Å². The van der Waals surface area contributed by atoms with Gasteiger partial charge in [-0.25, -0.2) is 0 Å². The maximum absolute atomic E-state index is 11.5. The number of likely N-dealkylation sites (tertiary alicyclic amines) is 1. The molecule has 1 saturated heterocycles. The molecule has 4 nitrogen and oxygen atoms in total. The van der Waals surface area contributed by atoms with E-state index in [1.54, 1.807) is 0 Å². The average Bonchev–Trinajstić information content (AvgIpc) is 3.16. The van der Waals surface area contributed by atoms with Crippen LogP contribution in [0.1, 0.15) is 35.6 Å². The van der Waals surface area contributed by atoms with Crippen molar-refractivity contribution in [3.63, 3.8) is 0 Å². The lowest BCUT2D eigenvalue weighted by Crippen LogP contribution is -2.33. The SMILES string of the molecule is O=C(O)C(Cc1ccc(OCCN2CCCCC2)cc1)c1cccs1. The molecule has 3 rings (SSSR count). The van der Waals surface area contributed by atoms with Crippen molar-refractivity contribution in [2.75, 3.05) is 26.2 Å². The first-order valence-corrected chi connectivity index (χ1v) is 9.80. The van der Waals surface area contributed by atoms with Crippen molar-refractivity contribution in [1.29, 1.82) is 0 Å². The average molecular weight is 359 g/mol. The normalized spacial score (nSPS) is 16.5. The number of carboxylic acids is 1. The number of aliphatic carboxylic acids is 1. The second-order valence-electron chi connectivity index (χ2n) is 6.51. The van der Waals surface area contributed by atoms with Crippen molar-refractivity contribution in [1.82, 2.24) is 4.90 Å². The number of piperidine rings is 1. The summed E-state index contributed by atoms with van der Waals surface area (Å²) >= 11 is 1.50. The zero-order valence-electron chi connectivity index (χ0n) is 14.4. The molecule has 25 heavy (non-hydrogen) atoms. The van der Waals surface area contributed by atoms with E-state index in [1.165, 1.54) is 43.7 Å². The molecule has 1 aromatic heterocycles. The third kappa shape index (κ3) is 5.31. The molecule has 1 unspecified atom stereocenters. The van der Waals surface area contributed by atoms with E-state index in [0.29, 0.717) is 13.0 Å². The molecule has 0 bridgehead atoms. The Morgan fingerprint density at radius 3 is 2.56 bits per heavy atom. The minimum absolute atomic E-state index is 0.481. The monoisotopic (exact) mass is 359 g/mol. The van der Waals surface area contributed by atoms with Gasteiger partial charge < -0.3 is 9.84 Å². The van der Waals surface area contributed by atoms with E-state index < -0.39 is 11.9 Å². The fraction of sp³-hybridized carbons (Fsp3) is 0.450. The molecule has 0 radical (unpaired) electrons. The van der Waals surface area contributed by atoms with Gasteiger partial charge in [0.25, 0.3) is 0 Å². The molecule has 0 aliphatic carbocycles. The van der Waals surface area contributed by atoms with Gasteiger partial charge in [-0.05, 0) is 61.5 Å². The van der Waals surface area contributed by atoms with Gasteiger partial charge in [0.05, 0.1) is 5.92 Å². The fourth-order valence-electron chi connectivity index (χ4n) is 3.23. The molecule has 0 amide bonds. The number of rotatable bonds is 8. The Hall–Kier alpha value is -1.85. The first-order valence-electron chi connectivity index (χ1n) is 8.92. The van der Waals surface area contributed by atoms with Gasteiger partial charge in [-0.3, -0.25) is 9.69 Å². The highest BCUT2D eigenvalue weighted by atomic mass is 32.1. The minimum atomic E-state index is -0.774. The van der Waals surface area contributed by atoms with E-state index in [1.807, 2.05) is 41.8 Å². The van der Waals surface area contributed by atoms with Crippen LogP contribution in [0.2, 0.25) is 0 Å². The van der Waals surface area contributed by atoms with Crippen molar-refractivity contribution >= 4 is 17.3 Å². The quantitative estimate of drug-likeness (QED) is 0.773. The summed E-state index contributed by atoms with van der Waals surface area (Å²) in [5, 5.41) is 11.4. The van der Waals surface area contributed by atoms with Crippen molar-refractivity contribution in [2.45, 2.75) is 31.6 Å². The summed E-state index contributed by atoms with van der Waals surface area (Å²) in [5.74, 6) is -0.404. The number of ether oxygens (including phenoxy) is 1. The summed E-state index contributed by atoms with van der Waals surface area (Å²) in [7, 11) is 0. The molecule has 1 N–H and O–H groups in total. The summed E-state index contributed by atoms with van der Waals surface area (Å²) in [6.07, 6.45) is 4.44. The standard InChI is InChI=1S/C20H25NO3S/c22-20(23)18(19-5-4-14-25-19)15-16-6-8-17(9-7-16)24-13-12-21-10-2-1-3-11-21/h4-9,14,18H,1-3,10-13,15H2,(H,22,23). The Balaban J connectivity index is 1.50. The summed E-state index contributed by atoms with van der Waals surface area (Å²) in [4.78, 5) is 14.9. The fourth-order valence-corrected chi connectivity index (χ4v) is 4.05. The minimum Gasteiger partial charge on any atom is -0.492 e. The smallest absolute Gasteiger partial charge is 0.312 e. The number of hydrogen-bond donors (Lipinski definition) is 1. The molecule has 2 aromatic rings. The van der Waals surface area contributed by atoms with Crippen molar-refractivity contribution in [3.05, 3.63) is 52.2 Å². The van der Waals surface area contributed by atoms with Gasteiger partial charge in [-0.15, -0.1) is 11.3 Å². The van der Waals surface area contributed by atoms with E-state index >= 15 is 0 Å². The summed E-state index contributed by atoms with van der Waals surface area (Å²) in [6.45, 7) is 4.04. The Bertz CT molecular complexity index is 648. The highest BCUT2D eigenvalue weighted by Gasteiger charge is 2.21. The molecule has 1 aromatic carbocycles. The first kappa shape index (κ1) is 18.0. The van der Waals surface area contributed by atoms with Crippen LogP contribution in [0, 0.1) is 0 Å². The van der Waals surface area contributed by atoms with E-state index in [0.717, 1.165) is 22.7 Å². The van der Waals surface area contributed by atoms with Crippen LogP contribution in [0.5, 0.6) is 5.75 Å². The lowest BCUT2D eigenvalue weighted by atomic mass is 9.98. The van der Waals surface area contributed by atoms with Gasteiger partial charge in [0.2, 0.25) is 0 Å². The Morgan fingerprint density at radius 2 is 1.92 bits per heavy atom. The van der Waals surface area contributed by atoms with Gasteiger partial charge in [-0.1, -0.05) is 24.6 Å². The molecule has 2 heterocycles. The topological polar surface area (TPSA) is 49.8 Å².